The van der Waals surface area contributed by atoms with Gasteiger partial charge in [-0.1, -0.05) is 0 Å². The predicted molar refractivity (Wildman–Crippen MR) is 129 cm³/mol. The number of aliphatic hydroxyl groups is 4. The SMILES string of the molecule is Cc1cn([C@H]2C[C@H](O)[C@@H](CO)O2)c(=O)[nH]c1=O.Cc1cn([C@H]2C[C@H](O)[C@@H](CO)O2)c(=O)[nH]c1=O.OP(O)O. The van der Waals surface area contributed by atoms with Gasteiger partial charge in [0.1, 0.15) is 24.7 Å². The number of aryl methyl sites for hydroxylation is 2. The van der Waals surface area contributed by atoms with Crippen molar-refractivity contribution in [1.82, 2.24) is 19.1 Å². The van der Waals surface area contributed by atoms with Gasteiger partial charge in [0, 0.05) is 36.4 Å². The zero-order valence-corrected chi connectivity index (χ0v) is 21.3. The molecule has 0 bridgehead atoms. The molecule has 4 heterocycles. The molecule has 2 aliphatic heterocycles. The summed E-state index contributed by atoms with van der Waals surface area (Å²) in [7, 11) is -2.62. The van der Waals surface area contributed by atoms with Crippen molar-refractivity contribution < 1.29 is 44.6 Å². The van der Waals surface area contributed by atoms with E-state index in [9.17, 15) is 29.4 Å². The second-order valence-electron chi connectivity index (χ2n) is 8.46. The second kappa shape index (κ2) is 14.0. The summed E-state index contributed by atoms with van der Waals surface area (Å²) in [6, 6.07) is 0. The zero-order valence-electron chi connectivity index (χ0n) is 20.4. The standard InChI is InChI=1S/2C10H14N2O5.H3O3P/c2*1-5-3-12(10(16)11-9(5)15)8-2-6(14)7(4-13)17-8;1-4(2)3/h2*3,6-8,13-14H,2,4H2,1H3,(H,11,15,16);1-3H/t2*6-,7+,8+;/m00./s1. The molecule has 214 valence electrons. The number of aliphatic hydroxyl groups excluding tert-OH is 4. The van der Waals surface area contributed by atoms with E-state index in [0.29, 0.717) is 11.1 Å². The molecule has 0 amide bonds. The Morgan fingerprint density at radius 1 is 0.789 bits per heavy atom. The average Bonchev–Trinajstić information content (AvgIpc) is 3.40. The molecule has 0 unspecified atom stereocenters. The Morgan fingerprint density at radius 2 is 1.11 bits per heavy atom. The number of H-pyrrole nitrogens is 2. The molecule has 2 aromatic rings. The first-order chi connectivity index (χ1) is 17.8. The van der Waals surface area contributed by atoms with E-state index in [1.165, 1.54) is 21.5 Å². The van der Waals surface area contributed by atoms with E-state index in [1.807, 2.05) is 0 Å². The molecule has 2 saturated heterocycles. The average molecular weight is 566 g/mol. The Kier molecular flexibility index (Phi) is 11.7. The maximum Gasteiger partial charge on any atom is 0.330 e. The molecule has 0 radical (unpaired) electrons. The highest BCUT2D eigenvalue weighted by molar-refractivity contribution is 7.38. The van der Waals surface area contributed by atoms with E-state index in [1.54, 1.807) is 13.8 Å². The normalized spacial score (nSPS) is 26.5. The van der Waals surface area contributed by atoms with Gasteiger partial charge >= 0.3 is 20.0 Å². The van der Waals surface area contributed by atoms with Crippen molar-refractivity contribution in [3.8, 4) is 0 Å². The van der Waals surface area contributed by atoms with Crippen molar-refractivity contribution in [2.24, 2.45) is 0 Å². The molecule has 0 aliphatic carbocycles. The van der Waals surface area contributed by atoms with Crippen molar-refractivity contribution in [3.63, 3.8) is 0 Å². The van der Waals surface area contributed by atoms with Crippen LogP contribution in [0, 0.1) is 13.8 Å². The monoisotopic (exact) mass is 566 g/mol. The first-order valence-corrected chi connectivity index (χ1v) is 12.4. The summed E-state index contributed by atoms with van der Waals surface area (Å²) < 4.78 is 13.1. The number of aromatic amines is 2. The number of aromatic nitrogens is 4. The van der Waals surface area contributed by atoms with Crippen molar-refractivity contribution >= 4 is 8.60 Å². The van der Waals surface area contributed by atoms with Gasteiger partial charge in [-0.15, -0.1) is 0 Å². The molecular formula is C20H31N4O13P. The van der Waals surface area contributed by atoms with Gasteiger partial charge < -0.3 is 44.6 Å². The summed E-state index contributed by atoms with van der Waals surface area (Å²) in [5.41, 5.74) is -1.29. The summed E-state index contributed by atoms with van der Waals surface area (Å²) in [6.45, 7) is 2.52. The molecular weight excluding hydrogens is 535 g/mol. The molecule has 18 heteroatoms. The van der Waals surface area contributed by atoms with E-state index < -0.39 is 68.0 Å². The molecule has 0 spiro atoms. The fourth-order valence-electron chi connectivity index (χ4n) is 3.70. The quantitative estimate of drug-likeness (QED) is 0.161. The Balaban J connectivity index is 0.000000234. The Bertz CT molecular complexity index is 1190. The van der Waals surface area contributed by atoms with Gasteiger partial charge in [0.15, 0.2) is 0 Å². The van der Waals surface area contributed by atoms with Crippen molar-refractivity contribution in [1.29, 1.82) is 0 Å². The number of nitrogens with one attached hydrogen (secondary N) is 2. The van der Waals surface area contributed by atoms with Crippen LogP contribution in [-0.4, -0.2) is 91.8 Å². The molecule has 0 aromatic carbocycles. The van der Waals surface area contributed by atoms with Gasteiger partial charge in [-0.3, -0.25) is 28.7 Å². The van der Waals surface area contributed by atoms with E-state index in [-0.39, 0.29) is 26.1 Å². The Morgan fingerprint density at radius 3 is 1.37 bits per heavy atom. The lowest BCUT2D eigenvalue weighted by Crippen LogP contribution is -2.33. The van der Waals surface area contributed by atoms with Gasteiger partial charge in [0.2, 0.25) is 0 Å². The van der Waals surface area contributed by atoms with Crippen LogP contribution in [-0.2, 0) is 9.47 Å². The van der Waals surface area contributed by atoms with Crippen LogP contribution < -0.4 is 22.5 Å². The van der Waals surface area contributed by atoms with Crippen molar-refractivity contribution in [2.75, 3.05) is 13.2 Å². The van der Waals surface area contributed by atoms with Gasteiger partial charge in [-0.05, 0) is 13.8 Å². The van der Waals surface area contributed by atoms with Crippen LogP contribution in [0.1, 0.15) is 36.4 Å². The second-order valence-corrected chi connectivity index (χ2v) is 8.99. The molecule has 17 nitrogen and oxygen atoms in total. The van der Waals surface area contributed by atoms with E-state index in [2.05, 4.69) is 9.97 Å². The highest BCUT2D eigenvalue weighted by Crippen LogP contribution is 2.28. The number of ether oxygens (including phenoxy) is 2. The van der Waals surface area contributed by atoms with Crippen LogP contribution in [0.4, 0.5) is 0 Å². The lowest BCUT2D eigenvalue weighted by molar-refractivity contribution is -0.0459. The number of hydrogen-bond acceptors (Lipinski definition) is 13. The zero-order chi connectivity index (χ0) is 28.7. The highest BCUT2D eigenvalue weighted by Gasteiger charge is 2.36. The molecule has 4 rings (SSSR count). The van der Waals surface area contributed by atoms with E-state index in [4.69, 9.17) is 34.4 Å². The first-order valence-electron chi connectivity index (χ1n) is 11.2. The highest BCUT2D eigenvalue weighted by atomic mass is 31.2. The van der Waals surface area contributed by atoms with Crippen LogP contribution in [0.5, 0.6) is 0 Å². The molecule has 38 heavy (non-hydrogen) atoms. The minimum atomic E-state index is -2.62. The fourth-order valence-corrected chi connectivity index (χ4v) is 3.70. The van der Waals surface area contributed by atoms with Crippen LogP contribution in [0.15, 0.2) is 31.6 Å². The van der Waals surface area contributed by atoms with Crippen LogP contribution in [0.25, 0.3) is 0 Å². The molecule has 2 aromatic heterocycles. The molecule has 9 N–H and O–H groups in total. The van der Waals surface area contributed by atoms with E-state index >= 15 is 0 Å². The van der Waals surface area contributed by atoms with Gasteiger partial charge in [0.25, 0.3) is 11.1 Å². The minimum absolute atomic E-state index is 0.205. The minimum Gasteiger partial charge on any atom is -0.394 e. The molecule has 2 fully saturated rings. The van der Waals surface area contributed by atoms with Gasteiger partial charge in [0.05, 0.1) is 25.4 Å². The predicted octanol–water partition coefficient (Wildman–Crippen LogP) is -3.84. The summed E-state index contributed by atoms with van der Waals surface area (Å²) >= 11 is 0. The molecule has 6 atom stereocenters. The maximum absolute atomic E-state index is 11.6. The third kappa shape index (κ3) is 8.21. The fraction of sp³-hybridized carbons (Fsp3) is 0.600. The Labute approximate surface area is 214 Å². The summed E-state index contributed by atoms with van der Waals surface area (Å²) in [6.07, 6.45) is -1.16. The van der Waals surface area contributed by atoms with Gasteiger partial charge in [-0.25, -0.2) is 9.59 Å². The third-order valence-corrected chi connectivity index (χ3v) is 5.68. The Hall–Kier alpha value is -2.57. The van der Waals surface area contributed by atoms with Crippen molar-refractivity contribution in [2.45, 2.75) is 63.6 Å². The first kappa shape index (κ1) is 31.6. The van der Waals surface area contributed by atoms with Crippen molar-refractivity contribution in [3.05, 3.63) is 65.2 Å². The molecule has 2 aliphatic rings. The van der Waals surface area contributed by atoms with E-state index in [0.717, 1.165) is 0 Å². The third-order valence-electron chi connectivity index (χ3n) is 5.68. The summed E-state index contributed by atoms with van der Waals surface area (Å²) in [5.74, 6) is 0. The lowest BCUT2D eigenvalue weighted by Gasteiger charge is -2.14. The smallest absolute Gasteiger partial charge is 0.330 e. The number of nitrogens with zero attached hydrogens (tertiary/aromatic N) is 2. The van der Waals surface area contributed by atoms with Crippen LogP contribution in [0.3, 0.4) is 0 Å². The lowest BCUT2D eigenvalue weighted by atomic mass is 10.2. The summed E-state index contributed by atoms with van der Waals surface area (Å²) in [4.78, 5) is 71.5. The number of rotatable bonds is 4. The topological polar surface area (TPSA) is 270 Å². The number of hydrogen-bond donors (Lipinski definition) is 9. The summed E-state index contributed by atoms with van der Waals surface area (Å²) in [5, 5.41) is 37.0. The van der Waals surface area contributed by atoms with Gasteiger partial charge in [-0.2, -0.15) is 0 Å². The largest absolute Gasteiger partial charge is 0.394 e. The maximum atomic E-state index is 11.6. The molecule has 0 saturated carbocycles. The van der Waals surface area contributed by atoms with Crippen LogP contribution >= 0.6 is 8.60 Å². The van der Waals surface area contributed by atoms with Crippen LogP contribution in [0.2, 0.25) is 0 Å².